The second-order valence-corrected chi connectivity index (χ2v) is 12.6. The highest BCUT2D eigenvalue weighted by Crippen LogP contribution is 2.26. The van der Waals surface area contributed by atoms with Gasteiger partial charge in [0.05, 0.1) is 10.6 Å². The number of nitrogens with one attached hydrogen (secondary N) is 1. The fourth-order valence-electron chi connectivity index (χ4n) is 4.36. The van der Waals surface area contributed by atoms with E-state index in [1.807, 2.05) is 65.0 Å². The smallest absolute Gasteiger partial charge is 0.264 e. The van der Waals surface area contributed by atoms with Crippen LogP contribution < -0.4 is 9.62 Å². The molecular formula is C31H38ClN3O4S. The second-order valence-electron chi connectivity index (χ2n) is 10.3. The molecular weight excluding hydrogens is 546 g/mol. The molecule has 214 valence electrons. The zero-order valence-electron chi connectivity index (χ0n) is 23.7. The minimum atomic E-state index is -4.14. The molecule has 0 bridgehead atoms. The summed E-state index contributed by atoms with van der Waals surface area (Å²) in [6, 6.07) is 19.7. The number of aryl methyl sites for hydroxylation is 2. The van der Waals surface area contributed by atoms with Crippen LogP contribution in [0.2, 0.25) is 5.02 Å². The normalized spacial score (nSPS) is 12.2. The molecule has 3 aromatic rings. The van der Waals surface area contributed by atoms with E-state index in [4.69, 9.17) is 11.6 Å². The molecule has 3 aromatic carbocycles. The molecule has 1 unspecified atom stereocenters. The van der Waals surface area contributed by atoms with Crippen molar-refractivity contribution in [3.05, 3.63) is 94.5 Å². The Hall–Kier alpha value is -3.36. The maximum Gasteiger partial charge on any atom is 0.264 e. The number of rotatable bonds is 12. The Balaban J connectivity index is 2.06. The Labute approximate surface area is 243 Å². The number of benzene rings is 3. The zero-order valence-corrected chi connectivity index (χ0v) is 25.3. The number of sulfonamides is 1. The first-order chi connectivity index (χ1) is 18.9. The average Bonchev–Trinajstić information content (AvgIpc) is 2.91. The molecule has 0 radical (unpaired) electrons. The van der Waals surface area contributed by atoms with Crippen LogP contribution in [-0.4, -0.2) is 44.3 Å². The molecule has 0 heterocycles. The molecule has 9 heteroatoms. The van der Waals surface area contributed by atoms with Crippen LogP contribution in [0.5, 0.6) is 0 Å². The Morgan fingerprint density at radius 2 is 1.62 bits per heavy atom. The summed E-state index contributed by atoms with van der Waals surface area (Å²) in [7, 11) is -4.14. The van der Waals surface area contributed by atoms with Gasteiger partial charge in [-0.2, -0.15) is 0 Å². The van der Waals surface area contributed by atoms with Crippen LogP contribution >= 0.6 is 11.6 Å². The third-order valence-corrected chi connectivity index (χ3v) is 8.68. The third-order valence-electron chi connectivity index (χ3n) is 6.64. The summed E-state index contributed by atoms with van der Waals surface area (Å²) in [5.41, 5.74) is 3.06. The van der Waals surface area contributed by atoms with Crippen LogP contribution in [-0.2, 0) is 26.2 Å². The number of anilines is 1. The van der Waals surface area contributed by atoms with E-state index >= 15 is 0 Å². The van der Waals surface area contributed by atoms with Crippen molar-refractivity contribution in [3.63, 3.8) is 0 Å². The zero-order chi connectivity index (χ0) is 29.4. The summed E-state index contributed by atoms with van der Waals surface area (Å²) < 4.78 is 28.9. The lowest BCUT2D eigenvalue weighted by Gasteiger charge is -2.33. The molecule has 1 atom stereocenters. The van der Waals surface area contributed by atoms with E-state index in [0.29, 0.717) is 23.7 Å². The second kappa shape index (κ2) is 13.8. The highest BCUT2D eigenvalue weighted by atomic mass is 35.5. The third kappa shape index (κ3) is 7.86. The van der Waals surface area contributed by atoms with Crippen molar-refractivity contribution >= 4 is 39.1 Å². The van der Waals surface area contributed by atoms with Gasteiger partial charge in [-0.05, 0) is 79.3 Å². The Bertz CT molecular complexity index is 1420. The number of hydrogen-bond acceptors (Lipinski definition) is 4. The van der Waals surface area contributed by atoms with E-state index in [0.717, 1.165) is 21.0 Å². The summed E-state index contributed by atoms with van der Waals surface area (Å²) in [4.78, 5) is 28.9. The molecule has 0 aliphatic carbocycles. The number of carbonyl (C=O) groups excluding carboxylic acids is 2. The first kappa shape index (κ1) is 31.2. The molecule has 0 aliphatic heterocycles. The van der Waals surface area contributed by atoms with Gasteiger partial charge < -0.3 is 10.2 Å². The molecule has 0 aliphatic rings. The van der Waals surface area contributed by atoms with Gasteiger partial charge in [0.25, 0.3) is 10.0 Å². The summed E-state index contributed by atoms with van der Waals surface area (Å²) in [5.74, 6) is -0.502. The van der Waals surface area contributed by atoms with Crippen molar-refractivity contribution in [3.8, 4) is 0 Å². The fraction of sp³-hybridized carbons (Fsp3) is 0.355. The molecule has 40 heavy (non-hydrogen) atoms. The standard InChI is InChI=1S/C31H38ClN3O4S/c1-6-29(31(37)33-19-22(2)3)34(20-25-12-8-7-11-24(25)5)30(36)21-35(27-13-9-10-23(4)18-27)40(38,39)28-16-14-26(32)15-17-28/h7-18,22,29H,6,19-21H2,1-5H3,(H,33,37). The van der Waals surface area contributed by atoms with E-state index in [-0.39, 0.29) is 23.3 Å². The van der Waals surface area contributed by atoms with Crippen molar-refractivity contribution in [2.45, 2.75) is 58.5 Å². The van der Waals surface area contributed by atoms with Crippen LogP contribution in [0, 0.1) is 19.8 Å². The highest BCUT2D eigenvalue weighted by molar-refractivity contribution is 7.92. The van der Waals surface area contributed by atoms with Crippen molar-refractivity contribution in [1.82, 2.24) is 10.2 Å². The van der Waals surface area contributed by atoms with Gasteiger partial charge in [0.1, 0.15) is 12.6 Å². The minimum Gasteiger partial charge on any atom is -0.354 e. The van der Waals surface area contributed by atoms with Crippen LogP contribution in [0.4, 0.5) is 5.69 Å². The van der Waals surface area contributed by atoms with E-state index in [9.17, 15) is 18.0 Å². The predicted octanol–water partition coefficient (Wildman–Crippen LogP) is 5.73. The fourth-order valence-corrected chi connectivity index (χ4v) is 5.89. The molecule has 0 saturated carbocycles. The minimum absolute atomic E-state index is 0.0124. The van der Waals surface area contributed by atoms with Gasteiger partial charge in [0.15, 0.2) is 0 Å². The molecule has 1 N–H and O–H groups in total. The summed E-state index contributed by atoms with van der Waals surface area (Å²) in [6.07, 6.45) is 0.371. The van der Waals surface area contributed by atoms with Gasteiger partial charge in [0, 0.05) is 18.1 Å². The first-order valence-corrected chi connectivity index (χ1v) is 15.2. The molecule has 0 aromatic heterocycles. The maximum absolute atomic E-state index is 14.1. The first-order valence-electron chi connectivity index (χ1n) is 13.4. The van der Waals surface area contributed by atoms with Crippen molar-refractivity contribution in [2.24, 2.45) is 5.92 Å². The number of carbonyl (C=O) groups is 2. The van der Waals surface area contributed by atoms with Gasteiger partial charge in [0.2, 0.25) is 11.8 Å². The van der Waals surface area contributed by atoms with Gasteiger partial charge in [-0.15, -0.1) is 0 Å². The van der Waals surface area contributed by atoms with Crippen molar-refractivity contribution in [1.29, 1.82) is 0 Å². The Morgan fingerprint density at radius 1 is 0.950 bits per heavy atom. The Morgan fingerprint density at radius 3 is 2.23 bits per heavy atom. The molecule has 0 saturated heterocycles. The van der Waals surface area contributed by atoms with E-state index in [1.165, 1.54) is 29.2 Å². The predicted molar refractivity (Wildman–Crippen MR) is 161 cm³/mol. The Kier molecular flexibility index (Phi) is 10.8. The van der Waals surface area contributed by atoms with Crippen molar-refractivity contribution < 1.29 is 18.0 Å². The summed E-state index contributed by atoms with van der Waals surface area (Å²) in [5, 5.41) is 3.35. The lowest BCUT2D eigenvalue weighted by atomic mass is 10.1. The highest BCUT2D eigenvalue weighted by Gasteiger charge is 2.34. The van der Waals surface area contributed by atoms with Gasteiger partial charge in [-0.25, -0.2) is 8.42 Å². The van der Waals surface area contributed by atoms with Gasteiger partial charge in [-0.3, -0.25) is 13.9 Å². The van der Waals surface area contributed by atoms with Gasteiger partial charge in [-0.1, -0.05) is 68.8 Å². The van der Waals surface area contributed by atoms with Crippen LogP contribution in [0.15, 0.2) is 77.7 Å². The molecule has 0 fully saturated rings. The molecule has 7 nitrogen and oxygen atoms in total. The van der Waals surface area contributed by atoms with E-state index < -0.39 is 28.5 Å². The molecule has 0 spiro atoms. The van der Waals surface area contributed by atoms with E-state index in [2.05, 4.69) is 5.32 Å². The maximum atomic E-state index is 14.1. The quantitative estimate of drug-likeness (QED) is 0.295. The lowest BCUT2D eigenvalue weighted by Crippen LogP contribution is -2.52. The molecule has 2 amide bonds. The van der Waals surface area contributed by atoms with Crippen LogP contribution in [0.3, 0.4) is 0 Å². The largest absolute Gasteiger partial charge is 0.354 e. The summed E-state index contributed by atoms with van der Waals surface area (Å²) in [6.45, 7) is 9.81. The number of nitrogens with zero attached hydrogens (tertiary/aromatic N) is 2. The lowest BCUT2D eigenvalue weighted by molar-refractivity contribution is -0.140. The van der Waals surface area contributed by atoms with Gasteiger partial charge >= 0.3 is 0 Å². The average molecular weight is 584 g/mol. The summed E-state index contributed by atoms with van der Waals surface area (Å²) >= 11 is 6.01. The van der Waals surface area contributed by atoms with Crippen LogP contribution in [0.25, 0.3) is 0 Å². The SMILES string of the molecule is CCC(C(=O)NCC(C)C)N(Cc1ccccc1C)C(=O)CN(c1cccc(C)c1)S(=O)(=O)c1ccc(Cl)cc1. The van der Waals surface area contributed by atoms with Crippen molar-refractivity contribution in [2.75, 3.05) is 17.4 Å². The number of halogens is 1. The molecule has 3 rings (SSSR count). The number of hydrogen-bond donors (Lipinski definition) is 1. The topological polar surface area (TPSA) is 86.8 Å². The number of amides is 2. The van der Waals surface area contributed by atoms with E-state index in [1.54, 1.807) is 18.2 Å². The monoisotopic (exact) mass is 583 g/mol. The van der Waals surface area contributed by atoms with Crippen LogP contribution in [0.1, 0.15) is 43.9 Å².